The van der Waals surface area contributed by atoms with E-state index in [0.717, 1.165) is 5.56 Å². The van der Waals surface area contributed by atoms with E-state index in [4.69, 9.17) is 10.3 Å². The average molecular weight is 287 g/mol. The van der Waals surface area contributed by atoms with Gasteiger partial charge in [-0.05, 0) is 48.9 Å². The molecular formula is C15H11F2N3O. The molecule has 0 radical (unpaired) electrons. The fourth-order valence-electron chi connectivity index (χ4n) is 2.02. The largest absolute Gasteiger partial charge is 0.399 e. The number of aromatic nitrogens is 2. The van der Waals surface area contributed by atoms with Gasteiger partial charge in [0.05, 0.1) is 5.56 Å². The second-order valence-electron chi connectivity index (χ2n) is 4.68. The maximum Gasteiger partial charge on any atom is 0.261 e. The summed E-state index contributed by atoms with van der Waals surface area (Å²) < 4.78 is 32.2. The van der Waals surface area contributed by atoms with Crippen molar-refractivity contribution < 1.29 is 13.3 Å². The molecule has 0 bridgehead atoms. The molecule has 0 aliphatic rings. The summed E-state index contributed by atoms with van der Waals surface area (Å²) in [6, 6.07) is 8.57. The Morgan fingerprint density at radius 3 is 2.62 bits per heavy atom. The van der Waals surface area contributed by atoms with Gasteiger partial charge in [-0.15, -0.1) is 0 Å². The number of anilines is 1. The van der Waals surface area contributed by atoms with Crippen molar-refractivity contribution in [2.75, 3.05) is 5.73 Å². The van der Waals surface area contributed by atoms with E-state index in [2.05, 4.69) is 10.1 Å². The highest BCUT2D eigenvalue weighted by Crippen LogP contribution is 2.26. The zero-order chi connectivity index (χ0) is 15.0. The fraction of sp³-hybridized carbons (Fsp3) is 0.0667. The van der Waals surface area contributed by atoms with Crippen molar-refractivity contribution in [3.63, 3.8) is 0 Å². The minimum Gasteiger partial charge on any atom is -0.399 e. The average Bonchev–Trinajstić information content (AvgIpc) is 2.87. The molecule has 2 aromatic carbocycles. The summed E-state index contributed by atoms with van der Waals surface area (Å²) in [5.41, 5.74) is 7.14. The SMILES string of the molecule is Cc1cc(F)cc(-c2noc(-c3ccc(N)cc3F)n2)c1. The highest BCUT2D eigenvalue weighted by atomic mass is 19.1. The molecule has 106 valence electrons. The Morgan fingerprint density at radius 1 is 1.10 bits per heavy atom. The number of hydrogen-bond donors (Lipinski definition) is 1. The molecule has 1 aromatic heterocycles. The smallest absolute Gasteiger partial charge is 0.261 e. The van der Waals surface area contributed by atoms with Gasteiger partial charge in [0.15, 0.2) is 0 Å². The number of hydrogen-bond acceptors (Lipinski definition) is 4. The maximum absolute atomic E-state index is 13.8. The van der Waals surface area contributed by atoms with Gasteiger partial charge in [-0.1, -0.05) is 5.16 Å². The van der Waals surface area contributed by atoms with E-state index in [1.807, 2.05) is 0 Å². The molecule has 0 saturated heterocycles. The van der Waals surface area contributed by atoms with E-state index in [1.165, 1.54) is 30.3 Å². The van der Waals surface area contributed by atoms with Crippen LogP contribution in [0.4, 0.5) is 14.5 Å². The van der Waals surface area contributed by atoms with Crippen molar-refractivity contribution in [2.45, 2.75) is 6.92 Å². The Balaban J connectivity index is 2.03. The highest BCUT2D eigenvalue weighted by molar-refractivity contribution is 5.62. The van der Waals surface area contributed by atoms with Gasteiger partial charge in [0.25, 0.3) is 5.89 Å². The summed E-state index contributed by atoms with van der Waals surface area (Å²) in [4.78, 5) is 4.10. The van der Waals surface area contributed by atoms with Gasteiger partial charge in [-0.25, -0.2) is 8.78 Å². The highest BCUT2D eigenvalue weighted by Gasteiger charge is 2.15. The van der Waals surface area contributed by atoms with Gasteiger partial charge in [0.2, 0.25) is 5.82 Å². The number of nitrogens with two attached hydrogens (primary N) is 1. The Bertz CT molecular complexity index is 794. The van der Waals surface area contributed by atoms with Crippen LogP contribution in [0.2, 0.25) is 0 Å². The van der Waals surface area contributed by atoms with Crippen LogP contribution < -0.4 is 5.73 Å². The standard InChI is InChI=1S/C15H11F2N3O/c1-8-4-9(6-10(16)5-8)14-19-15(21-20-14)12-3-2-11(18)7-13(12)17/h2-7H,18H2,1H3. The van der Waals surface area contributed by atoms with E-state index in [1.54, 1.807) is 13.0 Å². The molecule has 2 N–H and O–H groups in total. The Labute approximate surface area is 119 Å². The molecule has 0 unspecified atom stereocenters. The van der Waals surface area contributed by atoms with Crippen molar-refractivity contribution >= 4 is 5.69 Å². The van der Waals surface area contributed by atoms with E-state index >= 15 is 0 Å². The maximum atomic E-state index is 13.8. The molecule has 0 atom stereocenters. The molecule has 0 fully saturated rings. The van der Waals surface area contributed by atoms with Gasteiger partial charge in [0, 0.05) is 11.3 Å². The van der Waals surface area contributed by atoms with E-state index < -0.39 is 11.6 Å². The van der Waals surface area contributed by atoms with Crippen LogP contribution in [0.3, 0.4) is 0 Å². The number of nitrogens with zero attached hydrogens (tertiary/aromatic N) is 2. The zero-order valence-electron chi connectivity index (χ0n) is 11.1. The minimum atomic E-state index is -0.555. The number of halogens is 2. The Hall–Kier alpha value is -2.76. The van der Waals surface area contributed by atoms with Crippen LogP contribution in [0, 0.1) is 18.6 Å². The fourth-order valence-corrected chi connectivity index (χ4v) is 2.02. The Morgan fingerprint density at radius 2 is 1.90 bits per heavy atom. The number of nitrogen functional groups attached to an aromatic ring is 1. The third-order valence-electron chi connectivity index (χ3n) is 2.95. The molecule has 3 rings (SSSR count). The van der Waals surface area contributed by atoms with Crippen LogP contribution in [-0.2, 0) is 0 Å². The second-order valence-corrected chi connectivity index (χ2v) is 4.68. The topological polar surface area (TPSA) is 64.9 Å². The molecule has 1 heterocycles. The molecule has 0 saturated carbocycles. The van der Waals surface area contributed by atoms with Crippen LogP contribution in [0.1, 0.15) is 5.56 Å². The third-order valence-corrected chi connectivity index (χ3v) is 2.95. The molecule has 21 heavy (non-hydrogen) atoms. The number of benzene rings is 2. The first kappa shape index (κ1) is 13.2. The van der Waals surface area contributed by atoms with E-state index in [9.17, 15) is 8.78 Å². The third kappa shape index (κ3) is 2.60. The predicted molar refractivity (Wildman–Crippen MR) is 74.2 cm³/mol. The summed E-state index contributed by atoms with van der Waals surface area (Å²) in [6.07, 6.45) is 0. The lowest BCUT2D eigenvalue weighted by Crippen LogP contribution is -1.90. The quantitative estimate of drug-likeness (QED) is 0.732. The summed E-state index contributed by atoms with van der Waals surface area (Å²) in [5.74, 6) is -0.733. The first-order valence-corrected chi connectivity index (χ1v) is 6.19. The number of rotatable bonds is 2. The molecule has 0 spiro atoms. The first-order valence-electron chi connectivity index (χ1n) is 6.19. The van der Waals surface area contributed by atoms with Gasteiger partial charge < -0.3 is 10.3 Å². The minimum absolute atomic E-state index is 0.0180. The van der Waals surface area contributed by atoms with Gasteiger partial charge >= 0.3 is 0 Å². The summed E-state index contributed by atoms with van der Waals surface area (Å²) in [7, 11) is 0. The summed E-state index contributed by atoms with van der Waals surface area (Å²) in [6.45, 7) is 1.76. The molecule has 0 aliphatic heterocycles. The van der Waals surface area contributed by atoms with Crippen molar-refractivity contribution in [1.29, 1.82) is 0 Å². The molecular weight excluding hydrogens is 276 g/mol. The van der Waals surface area contributed by atoms with Gasteiger partial charge in [0.1, 0.15) is 11.6 Å². The normalized spacial score (nSPS) is 10.8. The van der Waals surface area contributed by atoms with Crippen molar-refractivity contribution in [3.8, 4) is 22.8 Å². The van der Waals surface area contributed by atoms with Crippen molar-refractivity contribution in [2.24, 2.45) is 0 Å². The lowest BCUT2D eigenvalue weighted by molar-refractivity contribution is 0.429. The van der Waals surface area contributed by atoms with Crippen LogP contribution in [0.5, 0.6) is 0 Å². The number of aryl methyl sites for hydroxylation is 1. The Kier molecular flexibility index (Phi) is 3.13. The first-order chi connectivity index (χ1) is 10.0. The second kappa shape index (κ2) is 4.97. The van der Waals surface area contributed by atoms with Crippen LogP contribution in [-0.4, -0.2) is 10.1 Å². The lowest BCUT2D eigenvalue weighted by Gasteiger charge is -1.99. The molecule has 4 nitrogen and oxygen atoms in total. The monoisotopic (exact) mass is 287 g/mol. The molecule has 0 aliphatic carbocycles. The molecule has 3 aromatic rings. The van der Waals surface area contributed by atoms with Crippen LogP contribution in [0.25, 0.3) is 22.8 Å². The van der Waals surface area contributed by atoms with E-state index in [-0.39, 0.29) is 17.3 Å². The van der Waals surface area contributed by atoms with Crippen LogP contribution >= 0.6 is 0 Å². The van der Waals surface area contributed by atoms with Gasteiger partial charge in [-0.3, -0.25) is 0 Å². The predicted octanol–water partition coefficient (Wildman–Crippen LogP) is 3.57. The van der Waals surface area contributed by atoms with Gasteiger partial charge in [-0.2, -0.15) is 4.98 Å². The summed E-state index contributed by atoms with van der Waals surface area (Å²) >= 11 is 0. The molecule has 0 amide bonds. The lowest BCUT2D eigenvalue weighted by atomic mass is 10.1. The van der Waals surface area contributed by atoms with Crippen molar-refractivity contribution in [3.05, 3.63) is 53.6 Å². The summed E-state index contributed by atoms with van der Waals surface area (Å²) in [5, 5.41) is 3.76. The zero-order valence-corrected chi connectivity index (χ0v) is 11.1. The van der Waals surface area contributed by atoms with E-state index in [0.29, 0.717) is 11.3 Å². The van der Waals surface area contributed by atoms with Crippen LogP contribution in [0.15, 0.2) is 40.9 Å². The molecule has 6 heteroatoms. The van der Waals surface area contributed by atoms with Crippen molar-refractivity contribution in [1.82, 2.24) is 10.1 Å².